The van der Waals surface area contributed by atoms with Crippen LogP contribution in [-0.4, -0.2) is 33.5 Å². The van der Waals surface area contributed by atoms with Crippen molar-refractivity contribution in [3.8, 4) is 0 Å². The number of aromatic nitrogens is 3. The zero-order valence-electron chi connectivity index (χ0n) is 9.71. The third kappa shape index (κ3) is 4.66. The SMILES string of the molecule is CCCC(CSc1n[nH]c(C)n1)NCC. The van der Waals surface area contributed by atoms with Crippen molar-refractivity contribution in [1.29, 1.82) is 0 Å². The highest BCUT2D eigenvalue weighted by Crippen LogP contribution is 2.15. The molecule has 4 nitrogen and oxygen atoms in total. The summed E-state index contributed by atoms with van der Waals surface area (Å²) in [7, 11) is 0. The molecule has 15 heavy (non-hydrogen) atoms. The Labute approximate surface area is 95.6 Å². The lowest BCUT2D eigenvalue weighted by molar-refractivity contribution is 0.531. The van der Waals surface area contributed by atoms with Gasteiger partial charge in [0.25, 0.3) is 0 Å². The maximum atomic E-state index is 4.27. The minimum Gasteiger partial charge on any atom is -0.313 e. The highest BCUT2D eigenvalue weighted by molar-refractivity contribution is 7.99. The van der Waals surface area contributed by atoms with E-state index in [1.54, 1.807) is 11.8 Å². The van der Waals surface area contributed by atoms with E-state index in [0.29, 0.717) is 6.04 Å². The summed E-state index contributed by atoms with van der Waals surface area (Å²) in [6.45, 7) is 7.30. The summed E-state index contributed by atoms with van der Waals surface area (Å²) in [5, 5.41) is 11.3. The maximum absolute atomic E-state index is 4.27. The van der Waals surface area contributed by atoms with Gasteiger partial charge >= 0.3 is 0 Å². The molecule has 0 saturated heterocycles. The molecule has 0 fully saturated rings. The minimum atomic E-state index is 0.573. The smallest absolute Gasteiger partial charge is 0.208 e. The van der Waals surface area contributed by atoms with E-state index < -0.39 is 0 Å². The molecule has 1 unspecified atom stereocenters. The summed E-state index contributed by atoms with van der Waals surface area (Å²) in [6.07, 6.45) is 2.43. The van der Waals surface area contributed by atoms with E-state index in [1.807, 2.05) is 6.92 Å². The topological polar surface area (TPSA) is 53.6 Å². The van der Waals surface area contributed by atoms with Crippen molar-refractivity contribution < 1.29 is 0 Å². The standard InChI is InChI=1S/C10H20N4S/c1-4-6-9(11-5-2)7-15-10-12-8(3)13-14-10/h9,11H,4-7H2,1-3H3,(H,12,13,14). The molecule has 0 bridgehead atoms. The van der Waals surface area contributed by atoms with E-state index in [-0.39, 0.29) is 0 Å². The predicted molar refractivity (Wildman–Crippen MR) is 64.2 cm³/mol. The molecule has 0 saturated carbocycles. The van der Waals surface area contributed by atoms with Crippen LogP contribution in [0.3, 0.4) is 0 Å². The van der Waals surface area contributed by atoms with E-state index >= 15 is 0 Å². The van der Waals surface area contributed by atoms with Crippen LogP contribution in [0.2, 0.25) is 0 Å². The number of thioether (sulfide) groups is 1. The van der Waals surface area contributed by atoms with E-state index in [2.05, 4.69) is 34.3 Å². The Morgan fingerprint density at radius 3 is 2.80 bits per heavy atom. The molecule has 1 heterocycles. The van der Waals surface area contributed by atoms with Gasteiger partial charge in [0.05, 0.1) is 0 Å². The van der Waals surface area contributed by atoms with Gasteiger partial charge in [-0.05, 0) is 19.9 Å². The molecule has 0 aromatic carbocycles. The maximum Gasteiger partial charge on any atom is 0.208 e. The van der Waals surface area contributed by atoms with Gasteiger partial charge in [0.2, 0.25) is 5.16 Å². The lowest BCUT2D eigenvalue weighted by atomic mass is 10.2. The summed E-state index contributed by atoms with van der Waals surface area (Å²) >= 11 is 1.71. The Kier molecular flexibility index (Phi) is 5.71. The van der Waals surface area contributed by atoms with Gasteiger partial charge in [-0.25, -0.2) is 4.98 Å². The fourth-order valence-electron chi connectivity index (χ4n) is 1.44. The van der Waals surface area contributed by atoms with E-state index in [1.165, 1.54) is 12.8 Å². The quantitative estimate of drug-likeness (QED) is 0.701. The average molecular weight is 228 g/mol. The Bertz CT molecular complexity index is 268. The van der Waals surface area contributed by atoms with Crippen LogP contribution in [-0.2, 0) is 0 Å². The first-order valence-electron chi connectivity index (χ1n) is 5.51. The van der Waals surface area contributed by atoms with Crippen molar-refractivity contribution in [2.75, 3.05) is 12.3 Å². The van der Waals surface area contributed by atoms with Gasteiger partial charge in [0.1, 0.15) is 5.82 Å². The van der Waals surface area contributed by atoms with Crippen LogP contribution in [0, 0.1) is 6.92 Å². The van der Waals surface area contributed by atoms with Crippen molar-refractivity contribution in [3.63, 3.8) is 0 Å². The van der Waals surface area contributed by atoms with E-state index in [4.69, 9.17) is 0 Å². The van der Waals surface area contributed by atoms with Gasteiger partial charge in [-0.15, -0.1) is 5.10 Å². The fraction of sp³-hybridized carbons (Fsp3) is 0.800. The van der Waals surface area contributed by atoms with Crippen molar-refractivity contribution in [3.05, 3.63) is 5.82 Å². The Balaban J connectivity index is 2.32. The number of hydrogen-bond acceptors (Lipinski definition) is 4. The minimum absolute atomic E-state index is 0.573. The van der Waals surface area contributed by atoms with Gasteiger partial charge in [-0.1, -0.05) is 32.0 Å². The first kappa shape index (κ1) is 12.5. The Morgan fingerprint density at radius 2 is 2.27 bits per heavy atom. The number of hydrogen-bond donors (Lipinski definition) is 2. The van der Waals surface area contributed by atoms with Crippen molar-refractivity contribution in [2.24, 2.45) is 0 Å². The second-order valence-electron chi connectivity index (χ2n) is 3.56. The summed E-state index contributed by atoms with van der Waals surface area (Å²) in [5.74, 6) is 1.92. The monoisotopic (exact) mass is 228 g/mol. The van der Waals surface area contributed by atoms with Crippen molar-refractivity contribution in [2.45, 2.75) is 44.8 Å². The largest absolute Gasteiger partial charge is 0.313 e. The molecule has 0 aliphatic rings. The molecule has 0 amide bonds. The van der Waals surface area contributed by atoms with Gasteiger partial charge in [0, 0.05) is 11.8 Å². The van der Waals surface area contributed by atoms with E-state index in [0.717, 1.165) is 23.3 Å². The normalized spacial score (nSPS) is 13.0. The summed E-state index contributed by atoms with van der Waals surface area (Å²) in [4.78, 5) is 4.27. The molecule has 0 spiro atoms. The zero-order chi connectivity index (χ0) is 11.1. The van der Waals surface area contributed by atoms with Gasteiger partial charge in [0.15, 0.2) is 0 Å². The van der Waals surface area contributed by atoms with Crippen LogP contribution in [0.4, 0.5) is 0 Å². The first-order valence-corrected chi connectivity index (χ1v) is 6.50. The second kappa shape index (κ2) is 6.85. The van der Waals surface area contributed by atoms with Gasteiger partial charge in [-0.2, -0.15) is 0 Å². The Hall–Kier alpha value is -0.550. The molecule has 1 rings (SSSR count). The molecule has 5 heteroatoms. The predicted octanol–water partition coefficient (Wildman–Crippen LogP) is 1.98. The fourth-order valence-corrected chi connectivity index (χ4v) is 2.39. The molecule has 1 aromatic heterocycles. The third-order valence-electron chi connectivity index (χ3n) is 2.12. The van der Waals surface area contributed by atoms with Crippen LogP contribution in [0.1, 0.15) is 32.5 Å². The molecule has 1 aromatic rings. The van der Waals surface area contributed by atoms with Crippen LogP contribution >= 0.6 is 11.8 Å². The molecule has 2 N–H and O–H groups in total. The number of H-pyrrole nitrogens is 1. The number of rotatable bonds is 7. The zero-order valence-corrected chi connectivity index (χ0v) is 10.5. The highest BCUT2D eigenvalue weighted by atomic mass is 32.2. The summed E-state index contributed by atoms with van der Waals surface area (Å²) in [5.41, 5.74) is 0. The molecule has 0 radical (unpaired) electrons. The van der Waals surface area contributed by atoms with Crippen LogP contribution in [0.15, 0.2) is 5.16 Å². The molecule has 0 aliphatic heterocycles. The lowest BCUT2D eigenvalue weighted by Crippen LogP contribution is -2.30. The number of aromatic amines is 1. The van der Waals surface area contributed by atoms with Crippen LogP contribution in [0.25, 0.3) is 0 Å². The average Bonchev–Trinajstić information content (AvgIpc) is 2.61. The lowest BCUT2D eigenvalue weighted by Gasteiger charge is -2.15. The molecular weight excluding hydrogens is 208 g/mol. The molecule has 1 atom stereocenters. The number of nitrogens with one attached hydrogen (secondary N) is 2. The molecule has 86 valence electrons. The first-order chi connectivity index (χ1) is 7.26. The summed E-state index contributed by atoms with van der Waals surface area (Å²) in [6, 6.07) is 0.573. The third-order valence-corrected chi connectivity index (χ3v) is 3.13. The number of nitrogens with zero attached hydrogens (tertiary/aromatic N) is 2. The van der Waals surface area contributed by atoms with Gasteiger partial charge in [-0.3, -0.25) is 5.10 Å². The van der Waals surface area contributed by atoms with Crippen LogP contribution < -0.4 is 5.32 Å². The molecule has 0 aliphatic carbocycles. The number of aryl methyl sites for hydroxylation is 1. The van der Waals surface area contributed by atoms with Crippen molar-refractivity contribution in [1.82, 2.24) is 20.5 Å². The van der Waals surface area contributed by atoms with E-state index in [9.17, 15) is 0 Å². The second-order valence-corrected chi connectivity index (χ2v) is 4.54. The summed E-state index contributed by atoms with van der Waals surface area (Å²) < 4.78 is 0. The van der Waals surface area contributed by atoms with Gasteiger partial charge < -0.3 is 5.32 Å². The van der Waals surface area contributed by atoms with Crippen LogP contribution in [0.5, 0.6) is 0 Å². The molecular formula is C10H20N4S. The highest BCUT2D eigenvalue weighted by Gasteiger charge is 2.08. The Morgan fingerprint density at radius 1 is 1.47 bits per heavy atom. The van der Waals surface area contributed by atoms with Crippen molar-refractivity contribution >= 4 is 11.8 Å².